The summed E-state index contributed by atoms with van der Waals surface area (Å²) < 4.78 is 14.7. The topological polar surface area (TPSA) is 105 Å². The van der Waals surface area contributed by atoms with Crippen molar-refractivity contribution in [2.75, 3.05) is 5.32 Å². The molecule has 0 unspecified atom stereocenters. The lowest BCUT2D eigenvalue weighted by Crippen LogP contribution is -2.39. The summed E-state index contributed by atoms with van der Waals surface area (Å²) in [6.07, 6.45) is 5.39. The molecular formula is C23H23ClFN5O3. The molecule has 10 heteroatoms. The molecule has 33 heavy (non-hydrogen) atoms. The van der Waals surface area contributed by atoms with Crippen LogP contribution in [0.4, 0.5) is 10.1 Å². The van der Waals surface area contributed by atoms with Crippen LogP contribution in [0.15, 0.2) is 30.6 Å². The lowest BCUT2D eigenvalue weighted by atomic mass is 9.85. The van der Waals surface area contributed by atoms with E-state index in [1.54, 1.807) is 6.92 Å². The van der Waals surface area contributed by atoms with Crippen LogP contribution in [-0.2, 0) is 4.79 Å². The van der Waals surface area contributed by atoms with E-state index >= 15 is 0 Å². The number of aromatic nitrogens is 3. The quantitative estimate of drug-likeness (QED) is 0.548. The number of hydrogen-bond donors (Lipinski definition) is 2. The average Bonchev–Trinajstić information content (AvgIpc) is 3.21. The van der Waals surface area contributed by atoms with E-state index in [1.807, 2.05) is 0 Å². The normalized spacial score (nSPS) is 18.2. The summed E-state index contributed by atoms with van der Waals surface area (Å²) in [6, 6.07) is 3.75. The van der Waals surface area contributed by atoms with Crippen LogP contribution in [0.2, 0.25) is 5.02 Å². The molecule has 2 amide bonds. The standard InChI is InChI=1S/C23H23ClFN5O3/c1-12-17(13(2)31)10-26-21-18(11-27-30(12)21)23(33)28-16-6-3-14(4-7-16)22(32)29-20-8-5-15(25)9-19(20)24/h5,8-11,14,16H,3-4,6-7H2,1-2H3,(H,28,33)(H,29,32). The van der Waals surface area contributed by atoms with E-state index in [2.05, 4.69) is 20.7 Å². The van der Waals surface area contributed by atoms with E-state index in [0.29, 0.717) is 53.8 Å². The van der Waals surface area contributed by atoms with Crippen molar-refractivity contribution in [1.82, 2.24) is 19.9 Å². The van der Waals surface area contributed by atoms with E-state index in [9.17, 15) is 18.8 Å². The first kappa shape index (κ1) is 22.8. The van der Waals surface area contributed by atoms with Crippen LogP contribution in [-0.4, -0.2) is 38.2 Å². The number of fused-ring (bicyclic) bond motifs is 1. The van der Waals surface area contributed by atoms with Crippen LogP contribution in [0.1, 0.15) is 59.0 Å². The van der Waals surface area contributed by atoms with E-state index in [0.717, 1.165) is 6.07 Å². The van der Waals surface area contributed by atoms with Crippen molar-refractivity contribution in [2.24, 2.45) is 5.92 Å². The maximum atomic E-state index is 13.2. The molecule has 0 spiro atoms. The highest BCUT2D eigenvalue weighted by Crippen LogP contribution is 2.28. The monoisotopic (exact) mass is 471 g/mol. The lowest BCUT2D eigenvalue weighted by Gasteiger charge is -2.28. The number of nitrogens with zero attached hydrogens (tertiary/aromatic N) is 3. The summed E-state index contributed by atoms with van der Waals surface area (Å²) in [5.41, 5.74) is 2.18. The molecule has 0 radical (unpaired) electrons. The first-order valence-electron chi connectivity index (χ1n) is 10.7. The van der Waals surface area contributed by atoms with Gasteiger partial charge in [-0.2, -0.15) is 5.10 Å². The minimum Gasteiger partial charge on any atom is -0.349 e. The van der Waals surface area contributed by atoms with Crippen molar-refractivity contribution >= 4 is 40.5 Å². The first-order valence-corrected chi connectivity index (χ1v) is 11.0. The fraction of sp³-hybridized carbons (Fsp3) is 0.348. The minimum atomic E-state index is -0.467. The third-order valence-corrected chi connectivity index (χ3v) is 6.33. The molecule has 0 saturated heterocycles. The Balaban J connectivity index is 1.36. The molecule has 1 fully saturated rings. The van der Waals surface area contributed by atoms with Gasteiger partial charge in [0.15, 0.2) is 11.4 Å². The van der Waals surface area contributed by atoms with Gasteiger partial charge in [-0.05, 0) is 57.7 Å². The van der Waals surface area contributed by atoms with Crippen LogP contribution in [0.5, 0.6) is 0 Å². The highest BCUT2D eigenvalue weighted by molar-refractivity contribution is 6.33. The van der Waals surface area contributed by atoms with Gasteiger partial charge in [-0.15, -0.1) is 0 Å². The van der Waals surface area contributed by atoms with Gasteiger partial charge in [0.05, 0.1) is 28.2 Å². The van der Waals surface area contributed by atoms with Crippen LogP contribution < -0.4 is 10.6 Å². The molecule has 8 nitrogen and oxygen atoms in total. The highest BCUT2D eigenvalue weighted by Gasteiger charge is 2.28. The van der Waals surface area contributed by atoms with Gasteiger partial charge in [0.1, 0.15) is 11.4 Å². The predicted octanol–water partition coefficient (Wildman–Crippen LogP) is 3.96. The summed E-state index contributed by atoms with van der Waals surface area (Å²) in [5.74, 6) is -1.27. The van der Waals surface area contributed by atoms with Crippen molar-refractivity contribution in [3.8, 4) is 0 Å². The SMILES string of the molecule is CC(=O)c1cnc2c(C(=O)NC3CCC(C(=O)Nc4ccc(F)cc4Cl)CC3)cnn2c1C. The molecule has 2 aromatic heterocycles. The number of halogens is 2. The number of carbonyl (C=O) groups is 3. The van der Waals surface area contributed by atoms with Crippen molar-refractivity contribution in [1.29, 1.82) is 0 Å². The van der Waals surface area contributed by atoms with Gasteiger partial charge < -0.3 is 10.6 Å². The summed E-state index contributed by atoms with van der Waals surface area (Å²) in [7, 11) is 0. The Morgan fingerprint density at radius 1 is 1.12 bits per heavy atom. The van der Waals surface area contributed by atoms with E-state index in [1.165, 1.54) is 36.0 Å². The van der Waals surface area contributed by atoms with Gasteiger partial charge in [-0.3, -0.25) is 14.4 Å². The smallest absolute Gasteiger partial charge is 0.256 e. The molecule has 0 atom stereocenters. The second-order valence-corrected chi connectivity index (χ2v) is 8.65. The van der Waals surface area contributed by atoms with Gasteiger partial charge in [0, 0.05) is 18.2 Å². The van der Waals surface area contributed by atoms with Crippen molar-refractivity contribution in [3.63, 3.8) is 0 Å². The molecule has 1 aliphatic rings. The van der Waals surface area contributed by atoms with Crippen LogP contribution in [0.3, 0.4) is 0 Å². The fourth-order valence-electron chi connectivity index (χ4n) is 4.14. The lowest BCUT2D eigenvalue weighted by molar-refractivity contribution is -0.120. The van der Waals surface area contributed by atoms with Gasteiger partial charge >= 0.3 is 0 Å². The number of rotatable bonds is 5. The first-order chi connectivity index (χ1) is 15.7. The highest BCUT2D eigenvalue weighted by atomic mass is 35.5. The molecule has 2 N–H and O–H groups in total. The largest absolute Gasteiger partial charge is 0.349 e. The summed E-state index contributed by atoms with van der Waals surface area (Å²) in [6.45, 7) is 3.21. The van der Waals surface area contributed by atoms with Crippen molar-refractivity contribution in [3.05, 3.63) is 58.3 Å². The van der Waals surface area contributed by atoms with Crippen LogP contribution in [0, 0.1) is 18.7 Å². The van der Waals surface area contributed by atoms with E-state index in [-0.39, 0.29) is 34.6 Å². The molecule has 1 aromatic carbocycles. The number of aryl methyl sites for hydroxylation is 1. The predicted molar refractivity (Wildman–Crippen MR) is 121 cm³/mol. The number of anilines is 1. The third-order valence-electron chi connectivity index (χ3n) is 6.01. The van der Waals surface area contributed by atoms with Crippen molar-refractivity contribution in [2.45, 2.75) is 45.6 Å². The Morgan fingerprint density at radius 2 is 1.85 bits per heavy atom. The fourth-order valence-corrected chi connectivity index (χ4v) is 4.35. The molecule has 2 heterocycles. The van der Waals surface area contributed by atoms with Gasteiger partial charge in [-0.1, -0.05) is 11.6 Å². The zero-order valence-electron chi connectivity index (χ0n) is 18.2. The molecule has 172 valence electrons. The van der Waals surface area contributed by atoms with E-state index < -0.39 is 5.82 Å². The molecule has 0 aliphatic heterocycles. The molecule has 3 aromatic rings. The van der Waals surface area contributed by atoms with Gasteiger partial charge in [0.25, 0.3) is 5.91 Å². The maximum Gasteiger partial charge on any atom is 0.256 e. The van der Waals surface area contributed by atoms with Crippen LogP contribution >= 0.6 is 11.6 Å². The molecule has 4 rings (SSSR count). The molecule has 0 bridgehead atoms. The van der Waals surface area contributed by atoms with Crippen molar-refractivity contribution < 1.29 is 18.8 Å². The number of carbonyl (C=O) groups excluding carboxylic acids is 3. The van der Waals surface area contributed by atoms with Gasteiger partial charge in [-0.25, -0.2) is 13.9 Å². The molecular weight excluding hydrogens is 449 g/mol. The Labute approximate surface area is 194 Å². The number of benzene rings is 1. The Bertz CT molecular complexity index is 1250. The minimum absolute atomic E-state index is 0.0801. The average molecular weight is 472 g/mol. The zero-order chi connectivity index (χ0) is 23.7. The number of nitrogens with one attached hydrogen (secondary N) is 2. The van der Waals surface area contributed by atoms with Crippen LogP contribution in [0.25, 0.3) is 5.65 Å². The Morgan fingerprint density at radius 3 is 2.52 bits per heavy atom. The summed E-state index contributed by atoms with van der Waals surface area (Å²) in [5, 5.41) is 10.1. The Kier molecular flexibility index (Phi) is 6.42. The molecule has 1 aliphatic carbocycles. The second-order valence-electron chi connectivity index (χ2n) is 8.24. The maximum absolute atomic E-state index is 13.2. The third kappa shape index (κ3) is 4.73. The van der Waals surface area contributed by atoms with Gasteiger partial charge in [0.2, 0.25) is 5.91 Å². The van der Waals surface area contributed by atoms with E-state index in [4.69, 9.17) is 11.6 Å². The Hall–Kier alpha value is -3.33. The zero-order valence-corrected chi connectivity index (χ0v) is 18.9. The number of ketones is 1. The summed E-state index contributed by atoms with van der Waals surface area (Å²) in [4.78, 5) is 41.4. The molecule has 1 saturated carbocycles. The summed E-state index contributed by atoms with van der Waals surface area (Å²) >= 11 is 5.99. The second kappa shape index (κ2) is 9.27. The number of hydrogen-bond acceptors (Lipinski definition) is 5. The number of Topliss-reactive ketones (excluding diaryl/α,β-unsaturated/α-hetero) is 1. The number of amides is 2.